The van der Waals surface area contributed by atoms with Crippen molar-refractivity contribution >= 4 is 0 Å². The molecule has 34 nitrogen and oxygen atoms in total. The largest absolute Gasteiger partial charge is 0.487 e. The first kappa shape index (κ1) is 53.6. The summed E-state index contributed by atoms with van der Waals surface area (Å²) in [6, 6.07) is 22.1. The van der Waals surface area contributed by atoms with Crippen LogP contribution in [0.15, 0.2) is 129 Å². The van der Waals surface area contributed by atoms with Gasteiger partial charge in [-0.05, 0) is 116 Å². The van der Waals surface area contributed by atoms with E-state index in [2.05, 4.69) is 82.6 Å². The molecule has 0 fully saturated rings. The van der Waals surface area contributed by atoms with Gasteiger partial charge in [-0.1, -0.05) is 72.7 Å². The monoisotopic (exact) mass is 1180 g/mol. The molecule has 0 amide bonds. The van der Waals surface area contributed by atoms with Crippen molar-refractivity contribution in [2.24, 2.45) is 42.3 Å². The maximum Gasteiger partial charge on any atom is 0.369 e. The summed E-state index contributed by atoms with van der Waals surface area (Å²) in [5.74, 6) is 3.14. The van der Waals surface area contributed by atoms with Gasteiger partial charge in [0.25, 0.3) is 0 Å². The molecule has 8 heterocycles. The minimum atomic E-state index is -0.426. The number of benzene rings is 4. The Morgan fingerprint density at radius 1 is 0.442 bits per heavy atom. The quantitative estimate of drug-likeness (QED) is 0.137. The molecule has 2 N–H and O–H groups in total. The number of hydrogen-bond donors (Lipinski definition) is 2. The SMILES string of the molecule is [3H]c1ccc(OCc2[nH]ncc2-n2nnn(C)c2=O)c(C)c1.[3H]c1ccc(OCc2n[nH]nc2-n2nnn(C)c2=O)c(C)c1.[3H]c1ccc(OCc2nn(C)cc2-n2nnn(C)c2=O)c(C)c1.[3H]c1ccc(OCc2nn(C)nc2-n2nnn(C)c2=O)c(C)c1. The van der Waals surface area contributed by atoms with E-state index in [1.165, 1.54) is 43.9 Å². The van der Waals surface area contributed by atoms with Gasteiger partial charge < -0.3 is 18.9 Å². The van der Waals surface area contributed by atoms with Crippen LogP contribution in [0.4, 0.5) is 0 Å². The van der Waals surface area contributed by atoms with E-state index in [-0.39, 0.29) is 49.4 Å². The normalized spacial score (nSPS) is 11.5. The summed E-state index contributed by atoms with van der Waals surface area (Å²) < 4.78 is 63.7. The van der Waals surface area contributed by atoms with Crippen LogP contribution < -0.4 is 41.7 Å². The molecule has 0 atom stereocenters. The predicted molar refractivity (Wildman–Crippen MR) is 302 cm³/mol. The molecule has 0 saturated heterocycles. The molecule has 0 spiro atoms. The minimum Gasteiger partial charge on any atom is -0.487 e. The van der Waals surface area contributed by atoms with Crippen LogP contribution in [-0.2, 0) is 68.7 Å². The van der Waals surface area contributed by atoms with E-state index in [9.17, 15) is 19.2 Å². The number of para-hydroxylation sites is 4. The minimum absolute atomic E-state index is 0.104. The molecule has 0 saturated carbocycles. The van der Waals surface area contributed by atoms with Crippen molar-refractivity contribution in [3.05, 3.63) is 196 Å². The highest BCUT2D eigenvalue weighted by Gasteiger charge is 2.20. The van der Waals surface area contributed by atoms with Crippen LogP contribution in [0.3, 0.4) is 0 Å². The van der Waals surface area contributed by atoms with Gasteiger partial charge in [0.2, 0.25) is 11.6 Å². The summed E-state index contributed by atoms with van der Waals surface area (Å²) in [6.45, 7) is 8.04. The van der Waals surface area contributed by atoms with Crippen LogP contribution in [0, 0.1) is 27.7 Å². The lowest BCUT2D eigenvalue weighted by atomic mass is 10.2. The Morgan fingerprint density at radius 3 is 1.29 bits per heavy atom. The fourth-order valence-corrected chi connectivity index (χ4v) is 7.66. The molecule has 86 heavy (non-hydrogen) atoms. The first-order valence-corrected chi connectivity index (χ1v) is 25.7. The summed E-state index contributed by atoms with van der Waals surface area (Å²) in [4.78, 5) is 49.0. The summed E-state index contributed by atoms with van der Waals surface area (Å²) in [5.41, 5.74) is 4.96. The topological polar surface area (TPSA) is 367 Å². The molecule has 0 aliphatic heterocycles. The molecule has 12 rings (SSSR count). The molecule has 8 aromatic heterocycles. The van der Waals surface area contributed by atoms with Crippen molar-refractivity contribution in [2.45, 2.75) is 54.1 Å². The Balaban J connectivity index is 0.000000142. The van der Waals surface area contributed by atoms with Gasteiger partial charge in [0, 0.05) is 42.3 Å². The molecular formula is C52H58N26O8. The highest BCUT2D eigenvalue weighted by Crippen LogP contribution is 2.22. The highest BCUT2D eigenvalue weighted by atomic mass is 16.5. The number of nitrogens with one attached hydrogen (secondary N) is 2. The van der Waals surface area contributed by atoms with E-state index in [4.69, 9.17) is 24.4 Å². The average molecular weight is 1180 g/mol. The summed E-state index contributed by atoms with van der Waals surface area (Å²) in [5, 5.41) is 59.5. The van der Waals surface area contributed by atoms with E-state index >= 15 is 0 Å². The molecule has 0 aliphatic rings. The van der Waals surface area contributed by atoms with Crippen molar-refractivity contribution in [1.29, 1.82) is 0 Å². The second kappa shape index (κ2) is 26.4. The van der Waals surface area contributed by atoms with Gasteiger partial charge in [0.05, 0.1) is 23.6 Å². The van der Waals surface area contributed by atoms with Crippen molar-refractivity contribution in [3.8, 4) is 46.0 Å². The molecule has 34 heteroatoms. The zero-order valence-corrected chi connectivity index (χ0v) is 47.9. The van der Waals surface area contributed by atoms with E-state index in [0.717, 1.165) is 55.0 Å². The standard InChI is InChI=1S/C14H16N6O2.C13H15N7O2.C13H14N6O2.C12H13N7O2/c1-10-6-4-5-7-13(10)22-9-11-12(8-18(2)15-11)20-14(21)19(3)16-17-20;1-9-6-4-5-7-11(9)22-8-10-12(15-19(3)14-10)20-13(21)18(2)16-17-20;1-9-5-3-4-6-12(9)21-8-10-11(7-14-15-10)19-13(20)18(2)16-17-19;1-8-5-3-4-6-10(8)21-7-9-11(14-15-13-9)19-12(20)18(2)16-17-19/h4-8H,9H2,1-3H3;4-7H,8H2,1-3H3;3-7H,8H2,1-2H3,(H,14,15);3-6H,7H2,1-2H3,(H,13,14,15)/i2*4T;2*3T. The van der Waals surface area contributed by atoms with Gasteiger partial charge in [0.15, 0.2) is 0 Å². The Kier molecular flexibility index (Phi) is 16.5. The maximum absolute atomic E-state index is 12.0. The van der Waals surface area contributed by atoms with Crippen LogP contribution in [0.25, 0.3) is 23.0 Å². The number of rotatable bonds is 16. The van der Waals surface area contributed by atoms with E-state index < -0.39 is 11.4 Å². The Morgan fingerprint density at radius 2 is 0.849 bits per heavy atom. The Labute approximate surface area is 491 Å². The summed E-state index contributed by atoms with van der Waals surface area (Å²) in [7, 11) is 9.46. The van der Waals surface area contributed by atoms with Crippen LogP contribution in [-0.4, -0.2) is 130 Å². The van der Waals surface area contributed by atoms with Gasteiger partial charge in [-0.15, -0.1) is 19.6 Å². The van der Waals surface area contributed by atoms with Crippen LogP contribution in [0.1, 0.15) is 50.5 Å². The third-order valence-corrected chi connectivity index (χ3v) is 12.2. The smallest absolute Gasteiger partial charge is 0.369 e. The van der Waals surface area contributed by atoms with E-state index in [1.807, 2.05) is 27.7 Å². The molecule has 0 aliphatic carbocycles. The highest BCUT2D eigenvalue weighted by molar-refractivity contribution is 5.38. The number of aryl methyl sites for hydroxylation is 10. The fraction of sp³-hybridized carbons (Fsp3) is 0.269. The van der Waals surface area contributed by atoms with Crippen LogP contribution >= 0.6 is 0 Å². The Bertz CT molecular complexity index is 4440. The van der Waals surface area contributed by atoms with Crippen molar-refractivity contribution < 1.29 is 24.4 Å². The molecule has 4 aromatic carbocycles. The van der Waals surface area contributed by atoms with Crippen LogP contribution in [0.5, 0.6) is 23.0 Å². The van der Waals surface area contributed by atoms with Gasteiger partial charge in [-0.3, -0.25) is 9.78 Å². The fourth-order valence-electron chi connectivity index (χ4n) is 7.66. The van der Waals surface area contributed by atoms with Gasteiger partial charge in [-0.25, -0.2) is 19.2 Å². The van der Waals surface area contributed by atoms with Crippen molar-refractivity contribution in [1.82, 2.24) is 130 Å². The summed E-state index contributed by atoms with van der Waals surface area (Å²) >= 11 is 0. The van der Waals surface area contributed by atoms with Gasteiger partial charge in [0.1, 0.15) is 77.9 Å². The lowest BCUT2D eigenvalue weighted by Gasteiger charge is -2.08. The Hall–Kier alpha value is -11.7. The first-order valence-electron chi connectivity index (χ1n) is 27.7. The lowest BCUT2D eigenvalue weighted by molar-refractivity contribution is 0.297. The molecule has 444 valence electrons. The molecule has 12 aromatic rings. The maximum atomic E-state index is 12.0. The molecule has 0 radical (unpaired) electrons. The predicted octanol–water partition coefficient (Wildman–Crippen LogP) is 1.12. The number of tetrazole rings is 4. The zero-order valence-electron chi connectivity index (χ0n) is 51.9. The van der Waals surface area contributed by atoms with Gasteiger partial charge >= 0.3 is 22.8 Å². The van der Waals surface area contributed by atoms with E-state index in [0.29, 0.717) is 81.3 Å². The third-order valence-electron chi connectivity index (χ3n) is 12.2. The van der Waals surface area contributed by atoms with Gasteiger partial charge in [-0.2, -0.15) is 58.5 Å². The zero-order chi connectivity index (χ0) is 64.5. The molecule has 0 bridgehead atoms. The van der Waals surface area contributed by atoms with Crippen molar-refractivity contribution in [3.63, 3.8) is 0 Å². The second-order valence-corrected chi connectivity index (χ2v) is 18.5. The first-order chi connectivity index (χ1) is 43.0. The number of aromatic amines is 2. The lowest BCUT2D eigenvalue weighted by Crippen LogP contribution is -2.23. The number of aromatic nitrogens is 26. The molecular weight excluding hydrogens is 1120 g/mol. The average Bonchev–Trinajstić information content (AvgIpc) is 2.77. The van der Waals surface area contributed by atoms with E-state index in [1.54, 1.807) is 97.8 Å². The summed E-state index contributed by atoms with van der Waals surface area (Å²) in [6.07, 6.45) is 3.18. The number of H-pyrrole nitrogens is 2. The number of nitrogens with zero attached hydrogens (tertiary/aromatic N) is 24. The molecule has 0 unspecified atom stereocenters. The number of ether oxygens (including phenoxy) is 4. The second-order valence-electron chi connectivity index (χ2n) is 18.5. The van der Waals surface area contributed by atoms with Crippen molar-refractivity contribution in [2.75, 3.05) is 0 Å². The van der Waals surface area contributed by atoms with Crippen LogP contribution in [0.2, 0.25) is 0 Å². The third kappa shape index (κ3) is 13.6. The number of hydrogen-bond acceptors (Lipinski definition) is 22.